The Morgan fingerprint density at radius 1 is 0.692 bits per heavy atom. The van der Waals surface area contributed by atoms with E-state index in [0.29, 0.717) is 0 Å². The number of fused-ring (bicyclic) bond motifs is 2. The van der Waals surface area contributed by atoms with Gasteiger partial charge >= 0.3 is 11.9 Å². The Balaban J connectivity index is 1.84. The second-order valence-corrected chi connectivity index (χ2v) is 17.8. The highest BCUT2D eigenvalue weighted by molar-refractivity contribution is 5.71. The molecule has 0 aromatic carbocycles. The summed E-state index contributed by atoms with van der Waals surface area (Å²) >= 11 is 0. The van der Waals surface area contributed by atoms with Gasteiger partial charge in [0.25, 0.3) is 0 Å². The van der Waals surface area contributed by atoms with Crippen LogP contribution in [0.25, 0.3) is 0 Å². The number of cyclic esters (lactones) is 1. The molecule has 3 heterocycles. The summed E-state index contributed by atoms with van der Waals surface area (Å²) < 4.78 is 23.2. The third-order valence-corrected chi connectivity index (χ3v) is 12.2. The van der Waals surface area contributed by atoms with Crippen LogP contribution in [0.4, 0.5) is 0 Å². The summed E-state index contributed by atoms with van der Waals surface area (Å²) in [6.07, 6.45) is 2.28. The topological polar surface area (TPSA) is 320 Å². The van der Waals surface area contributed by atoms with Gasteiger partial charge in [0, 0.05) is 31.1 Å². The predicted octanol–water partition coefficient (Wildman–Crippen LogP) is 0.936. The summed E-state index contributed by atoms with van der Waals surface area (Å²) in [5.74, 6) is -6.82. The van der Waals surface area contributed by atoms with Crippen LogP contribution in [0.15, 0.2) is 72.9 Å². The summed E-state index contributed by atoms with van der Waals surface area (Å²) in [7, 11) is 0. The zero-order valence-corrected chi connectivity index (χ0v) is 37.8. The number of carboxylic acids is 1. The van der Waals surface area contributed by atoms with E-state index in [1.165, 1.54) is 13.0 Å². The third-order valence-electron chi connectivity index (χ3n) is 12.2. The molecule has 19 atom stereocenters. The zero-order chi connectivity index (χ0) is 48.4. The summed E-state index contributed by atoms with van der Waals surface area (Å²) in [5.41, 5.74) is 6.02. The van der Waals surface area contributed by atoms with Gasteiger partial charge in [0.1, 0.15) is 18.1 Å². The number of carboxylic acid groups (broad SMARTS) is 1. The number of aliphatic hydroxyl groups is 10. The van der Waals surface area contributed by atoms with E-state index in [-0.39, 0.29) is 38.0 Å². The van der Waals surface area contributed by atoms with Gasteiger partial charge in [-0.2, -0.15) is 0 Å². The first-order chi connectivity index (χ1) is 30.6. The van der Waals surface area contributed by atoms with Gasteiger partial charge in [-0.1, -0.05) is 86.8 Å². The van der Waals surface area contributed by atoms with Crippen molar-refractivity contribution in [1.82, 2.24) is 0 Å². The van der Waals surface area contributed by atoms with Crippen LogP contribution in [-0.2, 0) is 28.5 Å². The van der Waals surface area contributed by atoms with Gasteiger partial charge in [0.15, 0.2) is 12.1 Å². The van der Waals surface area contributed by atoms with Crippen LogP contribution >= 0.6 is 0 Å². The van der Waals surface area contributed by atoms with Gasteiger partial charge in [-0.05, 0) is 52.4 Å². The number of esters is 1. The van der Waals surface area contributed by atoms with Crippen LogP contribution in [0, 0.1) is 17.8 Å². The highest BCUT2D eigenvalue weighted by Crippen LogP contribution is 2.38. The SMILES string of the molecule is C[C@@H]1[C@H](O)[C@@H](C)/C=C/C=C/CC/C=C/C=C/C=C/C=C/C(O[C@H]2O[C@H](C)[C@@H](O)[C@H](N)[C@@H]2O)CC2O[C@@](O)(CC(O)C(O)CCC(O)CC(O)CC(O)CC(=O)O[C@H]1C)CC(O)C2C(=O)O. The Morgan fingerprint density at radius 3 is 1.94 bits per heavy atom. The molecule has 0 aromatic heterocycles. The molecule has 0 amide bonds. The maximum atomic E-state index is 12.6. The molecule has 0 aromatic rings. The molecule has 370 valence electrons. The summed E-state index contributed by atoms with van der Waals surface area (Å²) in [6.45, 7) is 6.78. The minimum Gasteiger partial charge on any atom is -0.481 e. The van der Waals surface area contributed by atoms with Gasteiger partial charge < -0.3 is 80.9 Å². The van der Waals surface area contributed by atoms with Crippen molar-refractivity contribution in [1.29, 1.82) is 0 Å². The summed E-state index contributed by atoms with van der Waals surface area (Å²) in [6, 6.07) is -1.14. The smallest absolute Gasteiger partial charge is 0.311 e. The second-order valence-electron chi connectivity index (χ2n) is 17.8. The van der Waals surface area contributed by atoms with E-state index >= 15 is 0 Å². The number of allylic oxidation sites excluding steroid dienone is 10. The molecule has 65 heavy (non-hydrogen) atoms. The lowest BCUT2D eigenvalue weighted by molar-refractivity contribution is -0.310. The first kappa shape index (κ1) is 56.1. The lowest BCUT2D eigenvalue weighted by Crippen LogP contribution is -2.61. The minimum absolute atomic E-state index is 0.138. The molecule has 2 saturated heterocycles. The molecule has 2 fully saturated rings. The van der Waals surface area contributed by atoms with E-state index in [0.717, 1.165) is 12.8 Å². The monoisotopic (exact) mass is 926 g/mol. The zero-order valence-electron chi connectivity index (χ0n) is 37.8. The molecule has 18 nitrogen and oxygen atoms in total. The molecular formula is C47H75NO17. The van der Waals surface area contributed by atoms with Crippen molar-refractivity contribution >= 4 is 11.9 Å². The average Bonchev–Trinajstić information content (AvgIpc) is 3.21. The number of nitrogens with two attached hydrogens (primary N) is 1. The summed E-state index contributed by atoms with van der Waals surface area (Å²) in [4.78, 5) is 25.1. The molecule has 0 spiro atoms. The fourth-order valence-corrected chi connectivity index (χ4v) is 8.11. The maximum absolute atomic E-state index is 12.6. The summed E-state index contributed by atoms with van der Waals surface area (Å²) in [5, 5.41) is 118. The number of hydrogen-bond donors (Lipinski definition) is 12. The van der Waals surface area contributed by atoms with Crippen molar-refractivity contribution < 1.29 is 84.7 Å². The number of aliphatic hydroxyl groups excluding tert-OH is 9. The molecule has 3 rings (SSSR count). The minimum atomic E-state index is -2.35. The number of ether oxygens (including phenoxy) is 4. The van der Waals surface area contributed by atoms with Crippen molar-refractivity contribution in [3.8, 4) is 0 Å². The van der Waals surface area contributed by atoms with Crippen LogP contribution in [0.2, 0.25) is 0 Å². The van der Waals surface area contributed by atoms with Crippen molar-refractivity contribution in [2.45, 2.75) is 189 Å². The average molecular weight is 926 g/mol. The number of carbonyl (C=O) groups excluding carboxylic acids is 1. The molecule has 0 radical (unpaired) electrons. The molecule has 13 N–H and O–H groups in total. The first-order valence-corrected chi connectivity index (χ1v) is 22.6. The first-order valence-electron chi connectivity index (χ1n) is 22.6. The Labute approximate surface area is 381 Å². The number of hydrogen-bond acceptors (Lipinski definition) is 17. The number of aliphatic carboxylic acids is 1. The maximum Gasteiger partial charge on any atom is 0.311 e. The highest BCUT2D eigenvalue weighted by atomic mass is 16.7. The van der Waals surface area contributed by atoms with Crippen molar-refractivity contribution in [2.75, 3.05) is 0 Å². The molecule has 3 aliphatic rings. The molecule has 3 aliphatic heterocycles. The van der Waals surface area contributed by atoms with E-state index in [4.69, 9.17) is 24.7 Å². The molecule has 0 aliphatic carbocycles. The molecule has 0 saturated carbocycles. The van der Waals surface area contributed by atoms with Crippen LogP contribution in [-0.4, -0.2) is 166 Å². The normalized spacial score (nSPS) is 45.2. The highest BCUT2D eigenvalue weighted by Gasteiger charge is 2.51. The van der Waals surface area contributed by atoms with Crippen LogP contribution < -0.4 is 5.73 Å². The molecule has 18 heteroatoms. The second kappa shape index (κ2) is 27.6. The van der Waals surface area contributed by atoms with Crippen molar-refractivity contribution in [3.05, 3.63) is 72.9 Å². The molecule has 2 bridgehead atoms. The lowest BCUT2D eigenvalue weighted by atomic mass is 9.82. The van der Waals surface area contributed by atoms with E-state index in [9.17, 15) is 65.8 Å². The molecular weight excluding hydrogens is 851 g/mol. The fourth-order valence-electron chi connectivity index (χ4n) is 8.11. The van der Waals surface area contributed by atoms with Crippen molar-refractivity contribution in [3.63, 3.8) is 0 Å². The Morgan fingerprint density at radius 2 is 1.28 bits per heavy atom. The largest absolute Gasteiger partial charge is 0.481 e. The van der Waals surface area contributed by atoms with E-state index in [1.54, 1.807) is 38.2 Å². The van der Waals surface area contributed by atoms with Crippen molar-refractivity contribution in [2.24, 2.45) is 23.5 Å². The van der Waals surface area contributed by atoms with E-state index in [1.807, 2.05) is 49.5 Å². The van der Waals surface area contributed by atoms with E-state index in [2.05, 4.69) is 0 Å². The Kier molecular flexibility index (Phi) is 23.8. The van der Waals surface area contributed by atoms with Crippen LogP contribution in [0.3, 0.4) is 0 Å². The Hall–Kier alpha value is -3.18. The van der Waals surface area contributed by atoms with E-state index < -0.39 is 141 Å². The fraction of sp³-hybridized carbons (Fsp3) is 0.702. The Bertz CT molecular complexity index is 1620. The number of carbonyl (C=O) groups is 2. The standard InChI is InChI=1S/C47H75NO17/c1-27-17-15-13-11-9-7-5-6-8-10-12-14-16-18-34(64-46-44(58)41(48)43(57)30(4)63-46)24-38-40(45(59)60)37(54)26-47(61,65-38)25-36(53)35(52)20-19-31(49)21-32(50)22-33(51)23-39(55)62-29(3)28(2)42(27)56/h5-6,8,10-18,27-38,40-44,46,49-54,56-58,61H,7,9,19-26,48H2,1-4H3,(H,59,60)/b6-5+,10-8+,13-11+,14-12+,17-15+,18-16+/t27-,28-,29-,30+,31?,32?,33?,34?,35?,36?,37?,38?,40?,41-,42+,43+,44-,46+,47-/m0/s1. The van der Waals surface area contributed by atoms with Gasteiger partial charge in [0.2, 0.25) is 0 Å². The third kappa shape index (κ3) is 18.8. The van der Waals surface area contributed by atoms with Crippen LogP contribution in [0.5, 0.6) is 0 Å². The predicted molar refractivity (Wildman–Crippen MR) is 237 cm³/mol. The van der Waals surface area contributed by atoms with Gasteiger partial charge in [-0.15, -0.1) is 0 Å². The van der Waals surface area contributed by atoms with Gasteiger partial charge in [0.05, 0.1) is 79.6 Å². The number of rotatable bonds is 3. The van der Waals surface area contributed by atoms with Crippen LogP contribution in [0.1, 0.15) is 91.9 Å². The molecule has 9 unspecified atom stereocenters. The van der Waals surface area contributed by atoms with Gasteiger partial charge in [-0.25, -0.2) is 0 Å². The lowest BCUT2D eigenvalue weighted by Gasteiger charge is -2.45. The quantitative estimate of drug-likeness (QED) is 0.175. The van der Waals surface area contributed by atoms with Gasteiger partial charge in [-0.3, -0.25) is 9.59 Å².